The molecule has 1 saturated heterocycles. The summed E-state index contributed by atoms with van der Waals surface area (Å²) >= 11 is 0. The van der Waals surface area contributed by atoms with Crippen molar-refractivity contribution in [2.75, 3.05) is 13.1 Å². The highest BCUT2D eigenvalue weighted by Crippen LogP contribution is 2.10. The summed E-state index contributed by atoms with van der Waals surface area (Å²) in [6.45, 7) is 1.21. The first-order chi connectivity index (χ1) is 10.2. The van der Waals surface area contributed by atoms with Crippen molar-refractivity contribution in [2.24, 2.45) is 0 Å². The highest BCUT2D eigenvalue weighted by atomic mass is 16.2. The zero-order valence-electron chi connectivity index (χ0n) is 12.0. The van der Waals surface area contributed by atoms with Crippen LogP contribution in [0, 0.1) is 11.3 Å². The fourth-order valence-electron chi connectivity index (χ4n) is 2.33. The van der Waals surface area contributed by atoms with Crippen LogP contribution < -0.4 is 5.32 Å². The molecule has 1 aromatic rings. The lowest BCUT2D eigenvalue weighted by atomic mass is 10.1. The molecule has 0 aliphatic carbocycles. The van der Waals surface area contributed by atoms with Gasteiger partial charge in [-0.2, -0.15) is 5.26 Å². The fourth-order valence-corrected chi connectivity index (χ4v) is 2.33. The summed E-state index contributed by atoms with van der Waals surface area (Å²) in [4.78, 5) is 25.4. The van der Waals surface area contributed by atoms with Crippen LogP contribution in [0.3, 0.4) is 0 Å². The number of hydrogen-bond donors (Lipinski definition) is 1. The Labute approximate surface area is 124 Å². The second-order valence-electron chi connectivity index (χ2n) is 5.21. The fraction of sp³-hybridized carbons (Fsp3) is 0.438. The third kappa shape index (κ3) is 4.60. The Morgan fingerprint density at radius 3 is 2.71 bits per heavy atom. The summed E-state index contributed by atoms with van der Waals surface area (Å²) in [5.41, 5.74) is 1.53. The molecule has 0 saturated carbocycles. The number of amides is 2. The van der Waals surface area contributed by atoms with E-state index in [4.69, 9.17) is 5.26 Å². The van der Waals surface area contributed by atoms with E-state index < -0.39 is 0 Å². The molecule has 1 N–H and O–H groups in total. The predicted octanol–water partition coefficient (Wildman–Crippen LogP) is 1.58. The summed E-state index contributed by atoms with van der Waals surface area (Å²) < 4.78 is 0. The molecule has 2 rings (SSSR count). The summed E-state index contributed by atoms with van der Waals surface area (Å²) in [5, 5.41) is 11.5. The zero-order valence-corrected chi connectivity index (χ0v) is 12.0. The van der Waals surface area contributed by atoms with Crippen LogP contribution in [-0.2, 0) is 16.1 Å². The van der Waals surface area contributed by atoms with Gasteiger partial charge in [0.2, 0.25) is 11.8 Å². The van der Waals surface area contributed by atoms with Crippen LogP contribution in [0.4, 0.5) is 0 Å². The topological polar surface area (TPSA) is 73.2 Å². The van der Waals surface area contributed by atoms with Gasteiger partial charge in [-0.15, -0.1) is 0 Å². The number of hydrogen-bond acceptors (Lipinski definition) is 3. The van der Waals surface area contributed by atoms with E-state index in [0.29, 0.717) is 25.1 Å². The lowest BCUT2D eigenvalue weighted by Crippen LogP contribution is -2.40. The highest BCUT2D eigenvalue weighted by molar-refractivity contribution is 5.84. The summed E-state index contributed by atoms with van der Waals surface area (Å²) in [6.07, 6.45) is 3.48. The van der Waals surface area contributed by atoms with E-state index in [2.05, 4.69) is 11.4 Å². The Morgan fingerprint density at radius 1 is 1.24 bits per heavy atom. The monoisotopic (exact) mass is 285 g/mol. The van der Waals surface area contributed by atoms with Gasteiger partial charge in [0.25, 0.3) is 0 Å². The van der Waals surface area contributed by atoms with E-state index in [0.717, 1.165) is 24.8 Å². The molecule has 0 radical (unpaired) electrons. The summed E-state index contributed by atoms with van der Waals surface area (Å²) in [5.74, 6) is -0.0735. The highest BCUT2D eigenvalue weighted by Gasteiger charge is 2.18. The molecule has 5 nitrogen and oxygen atoms in total. The molecule has 110 valence electrons. The van der Waals surface area contributed by atoms with Crippen molar-refractivity contribution in [1.29, 1.82) is 5.26 Å². The van der Waals surface area contributed by atoms with Crippen LogP contribution >= 0.6 is 0 Å². The number of nitriles is 1. The number of nitrogens with one attached hydrogen (secondary N) is 1. The van der Waals surface area contributed by atoms with Gasteiger partial charge in [-0.3, -0.25) is 9.59 Å². The Morgan fingerprint density at radius 2 is 2.00 bits per heavy atom. The molecule has 1 aliphatic rings. The van der Waals surface area contributed by atoms with E-state index >= 15 is 0 Å². The zero-order chi connectivity index (χ0) is 15.1. The molecule has 0 atom stereocenters. The van der Waals surface area contributed by atoms with Crippen molar-refractivity contribution in [2.45, 2.75) is 32.2 Å². The first-order valence-corrected chi connectivity index (χ1v) is 7.22. The molecule has 0 aromatic heterocycles. The normalized spacial score (nSPS) is 15.2. The number of carbonyl (C=O) groups is 2. The first kappa shape index (κ1) is 15.0. The summed E-state index contributed by atoms with van der Waals surface area (Å²) in [6, 6.07) is 9.13. The van der Waals surface area contributed by atoms with Crippen molar-refractivity contribution < 1.29 is 9.59 Å². The number of nitrogens with zero attached hydrogens (tertiary/aromatic N) is 2. The van der Waals surface area contributed by atoms with Crippen LogP contribution in [0.5, 0.6) is 0 Å². The molecular formula is C16H19N3O2. The standard InChI is InChI=1S/C16H19N3O2/c17-10-13-5-7-14(8-6-13)11-18-15(20)12-19-9-3-1-2-4-16(19)21/h5-8H,1-4,9,11-12H2,(H,18,20). The molecule has 1 aliphatic heterocycles. The van der Waals surface area contributed by atoms with Gasteiger partial charge in [0, 0.05) is 19.5 Å². The molecule has 2 amide bonds. The first-order valence-electron chi connectivity index (χ1n) is 7.22. The second kappa shape index (κ2) is 7.44. The van der Waals surface area contributed by atoms with E-state index in [1.54, 1.807) is 17.0 Å². The van der Waals surface area contributed by atoms with Crippen LogP contribution in [0.1, 0.15) is 36.8 Å². The Kier molecular flexibility index (Phi) is 5.33. The molecule has 5 heteroatoms. The minimum Gasteiger partial charge on any atom is -0.350 e. The largest absolute Gasteiger partial charge is 0.350 e. The number of benzene rings is 1. The van der Waals surface area contributed by atoms with Gasteiger partial charge in [-0.1, -0.05) is 18.6 Å². The van der Waals surface area contributed by atoms with Crippen molar-refractivity contribution in [3.8, 4) is 6.07 Å². The van der Waals surface area contributed by atoms with Crippen LogP contribution in [0.25, 0.3) is 0 Å². The maximum absolute atomic E-state index is 11.9. The third-order valence-electron chi connectivity index (χ3n) is 3.58. The van der Waals surface area contributed by atoms with Crippen molar-refractivity contribution in [1.82, 2.24) is 10.2 Å². The van der Waals surface area contributed by atoms with E-state index in [9.17, 15) is 9.59 Å². The van der Waals surface area contributed by atoms with Gasteiger partial charge in [-0.25, -0.2) is 0 Å². The van der Waals surface area contributed by atoms with Gasteiger partial charge in [0.05, 0.1) is 18.2 Å². The SMILES string of the molecule is N#Cc1ccc(CNC(=O)CN2CCCCCC2=O)cc1. The third-order valence-corrected chi connectivity index (χ3v) is 3.58. The molecule has 0 bridgehead atoms. The number of likely N-dealkylation sites (tertiary alicyclic amines) is 1. The van der Waals surface area contributed by atoms with Crippen LogP contribution in [0.15, 0.2) is 24.3 Å². The van der Waals surface area contributed by atoms with Crippen LogP contribution in [-0.4, -0.2) is 29.8 Å². The Balaban J connectivity index is 1.81. The van der Waals surface area contributed by atoms with Crippen molar-refractivity contribution in [3.05, 3.63) is 35.4 Å². The molecule has 21 heavy (non-hydrogen) atoms. The smallest absolute Gasteiger partial charge is 0.239 e. The van der Waals surface area contributed by atoms with Crippen molar-refractivity contribution >= 4 is 11.8 Å². The maximum atomic E-state index is 11.9. The van der Waals surface area contributed by atoms with Crippen LogP contribution in [0.2, 0.25) is 0 Å². The number of carbonyl (C=O) groups excluding carboxylic acids is 2. The van der Waals surface area contributed by atoms with Crippen molar-refractivity contribution in [3.63, 3.8) is 0 Å². The van der Waals surface area contributed by atoms with E-state index in [1.807, 2.05) is 12.1 Å². The van der Waals surface area contributed by atoms with E-state index in [1.165, 1.54) is 0 Å². The average Bonchev–Trinajstić information content (AvgIpc) is 2.71. The molecular weight excluding hydrogens is 266 g/mol. The molecule has 0 unspecified atom stereocenters. The molecule has 1 aromatic carbocycles. The summed E-state index contributed by atoms with van der Waals surface area (Å²) in [7, 11) is 0. The number of rotatable bonds is 4. The second-order valence-corrected chi connectivity index (χ2v) is 5.21. The van der Waals surface area contributed by atoms with Gasteiger partial charge in [-0.05, 0) is 30.5 Å². The van der Waals surface area contributed by atoms with Gasteiger partial charge in [0.15, 0.2) is 0 Å². The van der Waals surface area contributed by atoms with E-state index in [-0.39, 0.29) is 18.4 Å². The Hall–Kier alpha value is -2.35. The Bertz CT molecular complexity index is 546. The van der Waals surface area contributed by atoms with Gasteiger partial charge >= 0.3 is 0 Å². The maximum Gasteiger partial charge on any atom is 0.239 e. The van der Waals surface area contributed by atoms with Gasteiger partial charge < -0.3 is 10.2 Å². The van der Waals surface area contributed by atoms with Gasteiger partial charge in [0.1, 0.15) is 0 Å². The average molecular weight is 285 g/mol. The molecule has 0 spiro atoms. The minimum absolute atomic E-state index is 0.0704. The molecule has 1 heterocycles. The molecule has 1 fully saturated rings. The predicted molar refractivity (Wildman–Crippen MR) is 78.1 cm³/mol. The lowest BCUT2D eigenvalue weighted by molar-refractivity contribution is -0.135. The quantitative estimate of drug-likeness (QED) is 0.912. The lowest BCUT2D eigenvalue weighted by Gasteiger charge is -2.19. The minimum atomic E-state index is -0.144.